The number of benzene rings is 1. The van der Waals surface area contributed by atoms with Gasteiger partial charge in [-0.1, -0.05) is 6.07 Å². The number of anilines is 1. The lowest BCUT2D eigenvalue weighted by molar-refractivity contribution is 0.426. The first-order chi connectivity index (χ1) is 6.59. The van der Waals surface area contributed by atoms with Crippen molar-refractivity contribution in [2.24, 2.45) is 0 Å². The average Bonchev–Trinajstić information content (AvgIpc) is 2.43. The minimum atomic E-state index is -1.39. The summed E-state index contributed by atoms with van der Waals surface area (Å²) in [6, 6.07) is 5.57. The molecule has 0 saturated carbocycles. The summed E-state index contributed by atoms with van der Waals surface area (Å²) in [7, 11) is -1.39. The van der Waals surface area contributed by atoms with Crippen LogP contribution in [0.1, 0.15) is 5.56 Å². The molecule has 1 aromatic carbocycles. The van der Waals surface area contributed by atoms with Gasteiger partial charge >= 0.3 is 7.12 Å². The van der Waals surface area contributed by atoms with Gasteiger partial charge in [-0.3, -0.25) is 0 Å². The second-order valence-electron chi connectivity index (χ2n) is 3.22. The molecule has 0 spiro atoms. The molecule has 0 aliphatic carbocycles. The molecule has 0 aliphatic rings. The van der Waals surface area contributed by atoms with E-state index in [1.54, 1.807) is 0 Å². The van der Waals surface area contributed by atoms with Gasteiger partial charge in [-0.2, -0.15) is 0 Å². The molecule has 0 aliphatic heterocycles. The van der Waals surface area contributed by atoms with E-state index in [1.807, 2.05) is 25.1 Å². The third kappa shape index (κ3) is 1.39. The molecule has 2 aromatic rings. The van der Waals surface area contributed by atoms with E-state index >= 15 is 0 Å². The van der Waals surface area contributed by atoms with Crippen LogP contribution in [0.25, 0.3) is 10.1 Å². The summed E-state index contributed by atoms with van der Waals surface area (Å²) in [5.41, 5.74) is 7.25. The van der Waals surface area contributed by atoms with Crippen molar-refractivity contribution in [3.8, 4) is 0 Å². The fraction of sp³-hybridized carbons (Fsp3) is 0.111. The Morgan fingerprint density at radius 1 is 1.36 bits per heavy atom. The van der Waals surface area contributed by atoms with Gasteiger partial charge < -0.3 is 15.8 Å². The third-order valence-electron chi connectivity index (χ3n) is 2.23. The van der Waals surface area contributed by atoms with Gasteiger partial charge in [-0.25, -0.2) is 0 Å². The molecule has 0 fully saturated rings. The van der Waals surface area contributed by atoms with Crippen LogP contribution in [0.15, 0.2) is 18.2 Å². The Kier molecular flexibility index (Phi) is 2.22. The minimum absolute atomic E-state index is 0.589. The number of thiophene rings is 1. The molecule has 0 saturated heterocycles. The molecule has 0 radical (unpaired) electrons. The summed E-state index contributed by atoms with van der Waals surface area (Å²) >= 11 is 1.37. The van der Waals surface area contributed by atoms with Crippen LogP contribution < -0.4 is 10.5 Å². The van der Waals surface area contributed by atoms with Crippen LogP contribution in [0.2, 0.25) is 0 Å². The van der Waals surface area contributed by atoms with Gasteiger partial charge in [-0.15, -0.1) is 11.3 Å². The summed E-state index contributed by atoms with van der Waals surface area (Å²) in [6.07, 6.45) is 0. The molecule has 72 valence electrons. The standard InChI is InChI=1S/C9H10BNO2S/c1-5-7-3-2-6(11)4-8(7)14-9(5)10(12)13/h2-4,12-13H,11H2,1H3. The Bertz CT molecular complexity index is 481. The van der Waals surface area contributed by atoms with E-state index in [-0.39, 0.29) is 0 Å². The topological polar surface area (TPSA) is 66.5 Å². The quantitative estimate of drug-likeness (QED) is 0.470. The van der Waals surface area contributed by atoms with Crippen molar-refractivity contribution >= 4 is 39.0 Å². The SMILES string of the molecule is Cc1c(B(O)O)sc2cc(N)ccc12. The average molecular weight is 207 g/mol. The molecule has 0 unspecified atom stereocenters. The molecule has 5 heteroatoms. The van der Waals surface area contributed by atoms with Crippen molar-refractivity contribution in [2.45, 2.75) is 6.92 Å². The lowest BCUT2D eigenvalue weighted by Crippen LogP contribution is -2.28. The zero-order valence-electron chi connectivity index (χ0n) is 7.69. The van der Waals surface area contributed by atoms with Crippen molar-refractivity contribution in [1.29, 1.82) is 0 Å². The van der Waals surface area contributed by atoms with Gasteiger partial charge in [0.15, 0.2) is 0 Å². The zero-order chi connectivity index (χ0) is 10.3. The maximum atomic E-state index is 9.11. The number of fused-ring (bicyclic) bond motifs is 1. The van der Waals surface area contributed by atoms with Crippen molar-refractivity contribution in [1.82, 2.24) is 0 Å². The number of rotatable bonds is 1. The fourth-order valence-corrected chi connectivity index (χ4v) is 2.64. The molecule has 0 bridgehead atoms. The fourth-order valence-electron chi connectivity index (χ4n) is 1.51. The van der Waals surface area contributed by atoms with Crippen LogP contribution in [0, 0.1) is 6.92 Å². The molecule has 1 heterocycles. The second kappa shape index (κ2) is 3.27. The van der Waals surface area contributed by atoms with Crippen molar-refractivity contribution in [2.75, 3.05) is 5.73 Å². The summed E-state index contributed by atoms with van der Waals surface area (Å²) < 4.78 is 1.58. The Labute approximate surface area is 85.9 Å². The molecule has 14 heavy (non-hydrogen) atoms. The van der Waals surface area contributed by atoms with E-state index in [0.717, 1.165) is 15.6 Å². The predicted octanol–water partition coefficient (Wildman–Crippen LogP) is 0.472. The first kappa shape index (κ1) is 9.52. The number of nitrogens with two attached hydrogens (primary N) is 1. The highest BCUT2D eigenvalue weighted by atomic mass is 32.1. The summed E-state index contributed by atoms with van der Waals surface area (Å²) in [6.45, 7) is 1.88. The highest BCUT2D eigenvalue weighted by molar-refractivity contribution is 7.28. The molecule has 4 N–H and O–H groups in total. The Hall–Kier alpha value is -1.04. The molecule has 2 rings (SSSR count). The predicted molar refractivity (Wildman–Crippen MR) is 60.8 cm³/mol. The lowest BCUT2D eigenvalue weighted by atomic mass is 9.86. The molecule has 1 aromatic heterocycles. The number of aryl methyl sites for hydroxylation is 1. The van der Waals surface area contributed by atoms with Crippen LogP contribution in [0.4, 0.5) is 5.69 Å². The molecule has 0 amide bonds. The summed E-state index contributed by atoms with van der Waals surface area (Å²) in [5.74, 6) is 0. The Morgan fingerprint density at radius 3 is 2.71 bits per heavy atom. The lowest BCUT2D eigenvalue weighted by Gasteiger charge is -1.95. The zero-order valence-corrected chi connectivity index (χ0v) is 8.51. The van der Waals surface area contributed by atoms with Gasteiger partial charge in [-0.05, 0) is 30.0 Å². The van der Waals surface area contributed by atoms with Crippen LogP contribution >= 0.6 is 11.3 Å². The first-order valence-corrected chi connectivity index (χ1v) is 5.06. The van der Waals surface area contributed by atoms with E-state index < -0.39 is 7.12 Å². The van der Waals surface area contributed by atoms with Crippen LogP contribution in [0.3, 0.4) is 0 Å². The van der Waals surface area contributed by atoms with E-state index in [0.29, 0.717) is 10.5 Å². The first-order valence-electron chi connectivity index (χ1n) is 4.24. The highest BCUT2D eigenvalue weighted by Gasteiger charge is 2.18. The maximum absolute atomic E-state index is 9.11. The van der Waals surface area contributed by atoms with Gasteiger partial charge in [0.1, 0.15) is 0 Å². The largest absolute Gasteiger partial charge is 0.499 e. The van der Waals surface area contributed by atoms with E-state index in [1.165, 1.54) is 11.3 Å². The van der Waals surface area contributed by atoms with Crippen molar-refractivity contribution < 1.29 is 10.0 Å². The molecule has 0 atom stereocenters. The maximum Gasteiger partial charge on any atom is 0.499 e. The molecule has 3 nitrogen and oxygen atoms in total. The highest BCUT2D eigenvalue weighted by Crippen LogP contribution is 2.25. The van der Waals surface area contributed by atoms with Gasteiger partial charge in [0.05, 0.1) is 0 Å². The van der Waals surface area contributed by atoms with Crippen LogP contribution in [-0.2, 0) is 0 Å². The minimum Gasteiger partial charge on any atom is -0.423 e. The number of nitrogen functional groups attached to an aromatic ring is 1. The Morgan fingerprint density at radius 2 is 2.07 bits per heavy atom. The molecular formula is C9H10BNO2S. The summed E-state index contributed by atoms with van der Waals surface area (Å²) in [5, 5.41) is 19.3. The van der Waals surface area contributed by atoms with Crippen molar-refractivity contribution in [3.63, 3.8) is 0 Å². The van der Waals surface area contributed by atoms with E-state index in [4.69, 9.17) is 15.8 Å². The monoisotopic (exact) mass is 207 g/mol. The number of hydrogen-bond acceptors (Lipinski definition) is 4. The Balaban J connectivity index is 2.73. The van der Waals surface area contributed by atoms with Gasteiger partial charge in [0, 0.05) is 15.2 Å². The smallest absolute Gasteiger partial charge is 0.423 e. The van der Waals surface area contributed by atoms with E-state index in [2.05, 4.69) is 0 Å². The third-order valence-corrected chi connectivity index (χ3v) is 3.53. The van der Waals surface area contributed by atoms with E-state index in [9.17, 15) is 0 Å². The molecular weight excluding hydrogens is 197 g/mol. The van der Waals surface area contributed by atoms with Crippen LogP contribution in [-0.4, -0.2) is 17.2 Å². The van der Waals surface area contributed by atoms with Gasteiger partial charge in [0.2, 0.25) is 0 Å². The number of hydrogen-bond donors (Lipinski definition) is 3. The van der Waals surface area contributed by atoms with Gasteiger partial charge in [0.25, 0.3) is 0 Å². The normalized spacial score (nSPS) is 10.8. The summed E-state index contributed by atoms with van der Waals surface area (Å²) in [4.78, 5) is 0. The second-order valence-corrected chi connectivity index (χ2v) is 4.30. The van der Waals surface area contributed by atoms with Crippen molar-refractivity contribution in [3.05, 3.63) is 23.8 Å². The van der Waals surface area contributed by atoms with Crippen LogP contribution in [0.5, 0.6) is 0 Å².